The molecule has 1 saturated heterocycles. The Hall–Kier alpha value is -2.72. The first-order valence-electron chi connectivity index (χ1n) is 9.68. The fourth-order valence-electron chi connectivity index (χ4n) is 3.40. The van der Waals surface area contributed by atoms with Gasteiger partial charge in [-0.1, -0.05) is 24.3 Å². The van der Waals surface area contributed by atoms with E-state index in [2.05, 4.69) is 4.74 Å². The molecule has 0 saturated carbocycles. The van der Waals surface area contributed by atoms with Gasteiger partial charge in [0.1, 0.15) is 12.6 Å². The van der Waals surface area contributed by atoms with Gasteiger partial charge in [0.15, 0.2) is 11.5 Å². The van der Waals surface area contributed by atoms with E-state index in [1.54, 1.807) is 18.2 Å². The molecular formula is C21H23F2NO6S. The second-order valence-electron chi connectivity index (χ2n) is 6.91. The lowest BCUT2D eigenvalue weighted by atomic mass is 10.1. The number of hydrogen-bond donors (Lipinski definition) is 0. The van der Waals surface area contributed by atoms with Crippen LogP contribution in [0.25, 0.3) is 0 Å². The molecule has 1 fully saturated rings. The van der Waals surface area contributed by atoms with Crippen molar-refractivity contribution < 1.29 is 36.2 Å². The molecular weight excluding hydrogens is 432 g/mol. The number of hydrogen-bond acceptors (Lipinski definition) is 6. The zero-order valence-electron chi connectivity index (χ0n) is 16.9. The standard InChI is InChI=1S/C21H23F2NO6S/c1-28-19-13-15(10-11-18(19)30-21(22)23)14-29-20(25)17-9-5-6-12-24(17)31(26,27)16-7-3-2-4-8-16/h2-4,7-8,10-11,13,17,21H,5-6,9,12,14H2,1H3. The number of carbonyl (C=O) groups is 1. The van der Waals surface area contributed by atoms with Gasteiger partial charge in [-0.05, 0) is 49.1 Å². The summed E-state index contributed by atoms with van der Waals surface area (Å²) < 4.78 is 66.9. The van der Waals surface area contributed by atoms with E-state index in [1.807, 2.05) is 0 Å². The van der Waals surface area contributed by atoms with E-state index in [1.165, 1.54) is 41.7 Å². The van der Waals surface area contributed by atoms with Crippen LogP contribution in [0.4, 0.5) is 8.78 Å². The predicted octanol–water partition coefficient (Wildman–Crippen LogP) is 3.58. The van der Waals surface area contributed by atoms with Crippen molar-refractivity contribution >= 4 is 16.0 Å². The summed E-state index contributed by atoms with van der Waals surface area (Å²) in [6, 6.07) is 11.2. The van der Waals surface area contributed by atoms with Gasteiger partial charge in [0.05, 0.1) is 12.0 Å². The summed E-state index contributed by atoms with van der Waals surface area (Å²) in [4.78, 5) is 12.9. The van der Waals surface area contributed by atoms with Crippen LogP contribution in [0.2, 0.25) is 0 Å². The third-order valence-electron chi connectivity index (χ3n) is 4.90. The van der Waals surface area contributed by atoms with Crippen molar-refractivity contribution in [2.45, 2.75) is 43.4 Å². The van der Waals surface area contributed by atoms with Crippen molar-refractivity contribution in [3.63, 3.8) is 0 Å². The minimum atomic E-state index is -3.84. The van der Waals surface area contributed by atoms with E-state index in [4.69, 9.17) is 9.47 Å². The third kappa shape index (κ3) is 5.50. The molecule has 1 aliphatic heterocycles. The van der Waals surface area contributed by atoms with Crippen LogP contribution in [0.5, 0.6) is 11.5 Å². The number of ether oxygens (including phenoxy) is 3. The van der Waals surface area contributed by atoms with Crippen LogP contribution in [0, 0.1) is 0 Å². The van der Waals surface area contributed by atoms with Gasteiger partial charge in [-0.15, -0.1) is 0 Å². The van der Waals surface area contributed by atoms with Gasteiger partial charge in [-0.3, -0.25) is 4.79 Å². The molecule has 0 aromatic heterocycles. The van der Waals surface area contributed by atoms with Crippen molar-refractivity contribution in [2.75, 3.05) is 13.7 Å². The van der Waals surface area contributed by atoms with E-state index in [-0.39, 0.29) is 29.5 Å². The minimum absolute atomic E-state index is 0.0693. The molecule has 0 amide bonds. The zero-order valence-corrected chi connectivity index (χ0v) is 17.7. The molecule has 2 aromatic rings. The Balaban J connectivity index is 1.71. The summed E-state index contributed by atoms with van der Waals surface area (Å²) in [6.07, 6.45) is 1.71. The molecule has 0 N–H and O–H groups in total. The smallest absolute Gasteiger partial charge is 0.387 e. The first-order chi connectivity index (χ1) is 14.8. The van der Waals surface area contributed by atoms with Gasteiger partial charge in [0.2, 0.25) is 10.0 Å². The molecule has 1 unspecified atom stereocenters. The van der Waals surface area contributed by atoms with E-state index < -0.39 is 28.6 Å². The van der Waals surface area contributed by atoms with Crippen LogP contribution < -0.4 is 9.47 Å². The average Bonchev–Trinajstić information content (AvgIpc) is 2.78. The summed E-state index contributed by atoms with van der Waals surface area (Å²) in [7, 11) is -2.54. The predicted molar refractivity (Wildman–Crippen MR) is 107 cm³/mol. The Bertz CT molecular complexity index is 1000. The fraction of sp³-hybridized carbons (Fsp3) is 0.381. The highest BCUT2D eigenvalue weighted by molar-refractivity contribution is 7.89. The number of esters is 1. The number of benzene rings is 2. The Morgan fingerprint density at radius 3 is 2.55 bits per heavy atom. The van der Waals surface area contributed by atoms with E-state index >= 15 is 0 Å². The van der Waals surface area contributed by atoms with Crippen molar-refractivity contribution in [3.05, 3.63) is 54.1 Å². The molecule has 31 heavy (non-hydrogen) atoms. The number of sulfonamides is 1. The SMILES string of the molecule is COc1cc(COC(=O)C2CCCCN2S(=O)(=O)c2ccccc2)ccc1OC(F)F. The molecule has 168 valence electrons. The lowest BCUT2D eigenvalue weighted by Crippen LogP contribution is -2.48. The molecule has 0 aliphatic carbocycles. The summed E-state index contributed by atoms with van der Waals surface area (Å²) in [5.41, 5.74) is 0.486. The minimum Gasteiger partial charge on any atom is -0.493 e. The van der Waals surface area contributed by atoms with Crippen molar-refractivity contribution in [2.24, 2.45) is 0 Å². The van der Waals surface area contributed by atoms with Gasteiger partial charge < -0.3 is 14.2 Å². The highest BCUT2D eigenvalue weighted by Crippen LogP contribution is 2.30. The zero-order chi connectivity index (χ0) is 22.4. The van der Waals surface area contributed by atoms with Crippen molar-refractivity contribution in [3.8, 4) is 11.5 Å². The topological polar surface area (TPSA) is 82.1 Å². The van der Waals surface area contributed by atoms with Crippen LogP contribution in [0.3, 0.4) is 0 Å². The van der Waals surface area contributed by atoms with Crippen LogP contribution in [0.1, 0.15) is 24.8 Å². The average molecular weight is 455 g/mol. The van der Waals surface area contributed by atoms with Gasteiger partial charge in [0.25, 0.3) is 0 Å². The largest absolute Gasteiger partial charge is 0.493 e. The normalized spacial score (nSPS) is 17.4. The van der Waals surface area contributed by atoms with Crippen LogP contribution in [-0.2, 0) is 26.2 Å². The van der Waals surface area contributed by atoms with E-state index in [9.17, 15) is 22.0 Å². The van der Waals surface area contributed by atoms with Crippen molar-refractivity contribution in [1.29, 1.82) is 0 Å². The number of rotatable bonds is 8. The quantitative estimate of drug-likeness (QED) is 0.566. The highest BCUT2D eigenvalue weighted by Gasteiger charge is 2.38. The second-order valence-corrected chi connectivity index (χ2v) is 8.80. The summed E-state index contributed by atoms with van der Waals surface area (Å²) in [6.45, 7) is -2.94. The first-order valence-corrected chi connectivity index (χ1v) is 11.1. The number of piperidine rings is 1. The number of carbonyl (C=O) groups excluding carboxylic acids is 1. The Morgan fingerprint density at radius 1 is 1.13 bits per heavy atom. The fourth-order valence-corrected chi connectivity index (χ4v) is 5.07. The van der Waals surface area contributed by atoms with Crippen LogP contribution in [-0.4, -0.2) is 45.0 Å². The third-order valence-corrected chi connectivity index (χ3v) is 6.82. The van der Waals surface area contributed by atoms with Gasteiger partial charge >= 0.3 is 12.6 Å². The Kier molecular flexibility index (Phi) is 7.45. The molecule has 0 radical (unpaired) electrons. The molecule has 1 aliphatic rings. The monoisotopic (exact) mass is 455 g/mol. The lowest BCUT2D eigenvalue weighted by Gasteiger charge is -2.33. The molecule has 2 aromatic carbocycles. The summed E-state index contributed by atoms with van der Waals surface area (Å²) in [5.74, 6) is -0.731. The maximum absolute atomic E-state index is 13.0. The molecule has 0 spiro atoms. The van der Waals surface area contributed by atoms with Crippen LogP contribution >= 0.6 is 0 Å². The first kappa shape index (κ1) is 23.0. The second kappa shape index (κ2) is 10.1. The Morgan fingerprint density at radius 2 is 1.87 bits per heavy atom. The lowest BCUT2D eigenvalue weighted by molar-refractivity contribution is -0.150. The molecule has 3 rings (SSSR count). The van der Waals surface area contributed by atoms with E-state index in [0.29, 0.717) is 24.8 Å². The molecule has 1 heterocycles. The Labute approximate surface area is 179 Å². The number of methoxy groups -OCH3 is 1. The van der Waals surface area contributed by atoms with Gasteiger partial charge in [-0.25, -0.2) is 8.42 Å². The summed E-state index contributed by atoms with van der Waals surface area (Å²) in [5, 5.41) is 0. The van der Waals surface area contributed by atoms with E-state index in [0.717, 1.165) is 0 Å². The highest BCUT2D eigenvalue weighted by atomic mass is 32.2. The molecule has 7 nitrogen and oxygen atoms in total. The van der Waals surface area contributed by atoms with Crippen LogP contribution in [0.15, 0.2) is 53.4 Å². The number of nitrogens with zero attached hydrogens (tertiary/aromatic N) is 1. The number of alkyl halides is 2. The summed E-state index contributed by atoms with van der Waals surface area (Å²) >= 11 is 0. The maximum atomic E-state index is 13.0. The molecule has 10 heteroatoms. The van der Waals surface area contributed by atoms with Gasteiger partial charge in [-0.2, -0.15) is 13.1 Å². The molecule has 1 atom stereocenters. The molecule has 0 bridgehead atoms. The van der Waals surface area contributed by atoms with Crippen molar-refractivity contribution in [1.82, 2.24) is 4.31 Å². The van der Waals surface area contributed by atoms with Gasteiger partial charge in [0, 0.05) is 6.54 Å². The maximum Gasteiger partial charge on any atom is 0.387 e. The number of halogens is 2.